The zero-order valence-corrected chi connectivity index (χ0v) is 11.4. The Morgan fingerprint density at radius 1 is 1.28 bits per heavy atom. The lowest BCUT2D eigenvalue weighted by Gasteiger charge is -2.30. The molecule has 1 saturated carbocycles. The maximum absolute atomic E-state index is 12.0. The number of benzene rings is 1. The highest BCUT2D eigenvalue weighted by Crippen LogP contribution is 2.48. The highest BCUT2D eigenvalue weighted by Gasteiger charge is 2.55. The normalized spacial score (nSPS) is 20.1. The summed E-state index contributed by atoms with van der Waals surface area (Å²) in [6, 6.07) is 4.10. The molecule has 1 fully saturated rings. The van der Waals surface area contributed by atoms with Crippen LogP contribution in [0.15, 0.2) is 12.1 Å². The third kappa shape index (κ3) is 1.53. The minimum atomic E-state index is -0.553. The van der Waals surface area contributed by atoms with E-state index in [4.69, 9.17) is 4.74 Å². The van der Waals surface area contributed by atoms with E-state index in [0.29, 0.717) is 0 Å². The molecular formula is C15H19NO2. The van der Waals surface area contributed by atoms with Crippen LogP contribution < -0.4 is 10.1 Å². The summed E-state index contributed by atoms with van der Waals surface area (Å²) < 4.78 is 5.88. The van der Waals surface area contributed by atoms with Gasteiger partial charge in [0.1, 0.15) is 5.75 Å². The van der Waals surface area contributed by atoms with Crippen LogP contribution in [0.1, 0.15) is 44.7 Å². The van der Waals surface area contributed by atoms with Gasteiger partial charge in [-0.05, 0) is 29.5 Å². The quantitative estimate of drug-likeness (QED) is 0.762. The molecule has 1 amide bonds. The van der Waals surface area contributed by atoms with Gasteiger partial charge in [-0.15, -0.1) is 0 Å². The second kappa shape index (κ2) is 3.28. The molecule has 3 heteroatoms. The number of nitrogens with one attached hydrogen (secondary N) is 1. The number of hydrogen-bond acceptors (Lipinski definition) is 2. The van der Waals surface area contributed by atoms with Gasteiger partial charge in [-0.3, -0.25) is 4.79 Å². The van der Waals surface area contributed by atoms with Crippen molar-refractivity contribution in [2.75, 3.05) is 5.32 Å². The van der Waals surface area contributed by atoms with Crippen molar-refractivity contribution >= 4 is 11.6 Å². The van der Waals surface area contributed by atoms with Crippen LogP contribution in [0.5, 0.6) is 5.75 Å². The number of ether oxygens (including phenoxy) is 1. The maximum Gasteiger partial charge on any atom is 0.268 e. The first-order chi connectivity index (χ1) is 8.33. The Balaban J connectivity index is 2.09. The van der Waals surface area contributed by atoms with Crippen LogP contribution in [0, 0.1) is 6.92 Å². The molecule has 1 aromatic carbocycles. The van der Waals surface area contributed by atoms with E-state index in [1.165, 1.54) is 5.56 Å². The number of hydrogen-bond donors (Lipinski definition) is 1. The maximum atomic E-state index is 12.0. The SMILES string of the molecule is Cc1c(C(C)(C)C)ccc2c1NC(=O)C1(CC1)O2. The number of carbonyl (C=O) groups excluding carboxylic acids is 1. The van der Waals surface area contributed by atoms with E-state index >= 15 is 0 Å². The first-order valence-corrected chi connectivity index (χ1v) is 6.48. The van der Waals surface area contributed by atoms with Gasteiger partial charge in [0.25, 0.3) is 5.91 Å². The van der Waals surface area contributed by atoms with Crippen molar-refractivity contribution in [2.24, 2.45) is 0 Å². The lowest BCUT2D eigenvalue weighted by molar-refractivity contribution is -0.125. The molecule has 1 spiro atoms. The number of rotatable bonds is 0. The molecule has 96 valence electrons. The Bertz CT molecular complexity index is 536. The van der Waals surface area contributed by atoms with Gasteiger partial charge in [0.15, 0.2) is 5.60 Å². The average Bonchev–Trinajstić information content (AvgIpc) is 3.01. The zero-order valence-electron chi connectivity index (χ0n) is 11.4. The van der Waals surface area contributed by atoms with E-state index < -0.39 is 5.60 Å². The number of carbonyl (C=O) groups is 1. The van der Waals surface area contributed by atoms with Crippen LogP contribution in [-0.4, -0.2) is 11.5 Å². The molecule has 3 nitrogen and oxygen atoms in total. The van der Waals surface area contributed by atoms with Crippen LogP contribution in [0.3, 0.4) is 0 Å². The monoisotopic (exact) mass is 245 g/mol. The van der Waals surface area contributed by atoms with E-state index in [-0.39, 0.29) is 11.3 Å². The van der Waals surface area contributed by atoms with E-state index in [0.717, 1.165) is 29.8 Å². The Morgan fingerprint density at radius 2 is 1.94 bits per heavy atom. The molecule has 1 heterocycles. The van der Waals surface area contributed by atoms with Gasteiger partial charge >= 0.3 is 0 Å². The summed E-state index contributed by atoms with van der Waals surface area (Å²) in [5.74, 6) is 0.835. The molecule has 0 radical (unpaired) electrons. The molecule has 0 bridgehead atoms. The number of amides is 1. The molecule has 0 atom stereocenters. The van der Waals surface area contributed by atoms with Crippen LogP contribution in [0.2, 0.25) is 0 Å². The molecule has 0 saturated heterocycles. The average molecular weight is 245 g/mol. The summed E-state index contributed by atoms with van der Waals surface area (Å²) in [4.78, 5) is 12.0. The lowest BCUT2D eigenvalue weighted by atomic mass is 9.83. The van der Waals surface area contributed by atoms with Crippen LogP contribution in [0.25, 0.3) is 0 Å². The molecule has 2 aliphatic rings. The van der Waals surface area contributed by atoms with E-state index in [2.05, 4.69) is 32.2 Å². The van der Waals surface area contributed by atoms with Crippen molar-refractivity contribution in [1.29, 1.82) is 0 Å². The zero-order chi connectivity index (χ0) is 13.1. The van der Waals surface area contributed by atoms with Gasteiger partial charge in [-0.2, -0.15) is 0 Å². The standard InChI is InChI=1S/C15H19NO2/c1-9-10(14(2,3)4)5-6-11-12(9)16-13(17)15(18-11)7-8-15/h5-6H,7-8H2,1-4H3,(H,16,17). The van der Waals surface area contributed by atoms with Crippen molar-refractivity contribution in [3.63, 3.8) is 0 Å². The van der Waals surface area contributed by atoms with Crippen molar-refractivity contribution in [3.05, 3.63) is 23.3 Å². The first-order valence-electron chi connectivity index (χ1n) is 6.48. The topological polar surface area (TPSA) is 38.3 Å². The Labute approximate surface area is 108 Å². The molecule has 0 unspecified atom stereocenters. The summed E-state index contributed by atoms with van der Waals surface area (Å²) in [6.07, 6.45) is 1.66. The lowest BCUT2D eigenvalue weighted by Crippen LogP contribution is -2.39. The predicted molar refractivity (Wildman–Crippen MR) is 71.1 cm³/mol. The smallest absolute Gasteiger partial charge is 0.268 e. The van der Waals surface area contributed by atoms with Gasteiger partial charge in [0.05, 0.1) is 5.69 Å². The third-order valence-electron chi connectivity index (χ3n) is 3.90. The van der Waals surface area contributed by atoms with Crippen molar-refractivity contribution < 1.29 is 9.53 Å². The largest absolute Gasteiger partial charge is 0.475 e. The van der Waals surface area contributed by atoms with Gasteiger partial charge in [0, 0.05) is 12.8 Å². The highest BCUT2D eigenvalue weighted by atomic mass is 16.5. The number of fused-ring (bicyclic) bond motifs is 1. The minimum Gasteiger partial charge on any atom is -0.475 e. The van der Waals surface area contributed by atoms with E-state index in [1.54, 1.807) is 0 Å². The summed E-state index contributed by atoms with van der Waals surface area (Å²) in [6.45, 7) is 8.58. The fourth-order valence-electron chi connectivity index (χ4n) is 2.67. The van der Waals surface area contributed by atoms with Crippen molar-refractivity contribution in [3.8, 4) is 5.75 Å². The molecule has 3 rings (SSSR count). The molecular weight excluding hydrogens is 226 g/mol. The van der Waals surface area contributed by atoms with Crippen LogP contribution >= 0.6 is 0 Å². The second-order valence-electron chi connectivity index (χ2n) is 6.41. The Hall–Kier alpha value is -1.51. The molecule has 1 aliphatic carbocycles. The Kier molecular flexibility index (Phi) is 2.11. The first kappa shape index (κ1) is 11.6. The second-order valence-corrected chi connectivity index (χ2v) is 6.41. The number of anilines is 1. The summed E-state index contributed by atoms with van der Waals surface area (Å²) in [7, 11) is 0. The van der Waals surface area contributed by atoms with Crippen LogP contribution in [0.4, 0.5) is 5.69 Å². The van der Waals surface area contributed by atoms with Crippen LogP contribution in [-0.2, 0) is 10.2 Å². The fraction of sp³-hybridized carbons (Fsp3) is 0.533. The molecule has 0 aromatic heterocycles. The molecule has 1 aliphatic heterocycles. The van der Waals surface area contributed by atoms with Gasteiger partial charge in [-0.25, -0.2) is 0 Å². The summed E-state index contributed by atoms with van der Waals surface area (Å²) in [5.41, 5.74) is 2.73. The minimum absolute atomic E-state index is 0.0177. The van der Waals surface area contributed by atoms with Crippen molar-refractivity contribution in [1.82, 2.24) is 0 Å². The fourth-order valence-corrected chi connectivity index (χ4v) is 2.67. The van der Waals surface area contributed by atoms with E-state index in [1.807, 2.05) is 13.0 Å². The molecule has 18 heavy (non-hydrogen) atoms. The van der Waals surface area contributed by atoms with Gasteiger partial charge in [-0.1, -0.05) is 26.8 Å². The van der Waals surface area contributed by atoms with Gasteiger partial charge in [0.2, 0.25) is 0 Å². The van der Waals surface area contributed by atoms with E-state index in [9.17, 15) is 4.79 Å². The summed E-state index contributed by atoms with van der Waals surface area (Å²) >= 11 is 0. The third-order valence-corrected chi connectivity index (χ3v) is 3.90. The van der Waals surface area contributed by atoms with Gasteiger partial charge < -0.3 is 10.1 Å². The molecule has 1 aromatic rings. The Morgan fingerprint density at radius 3 is 2.50 bits per heavy atom. The predicted octanol–water partition coefficient (Wildman–Crippen LogP) is 3.16. The molecule has 1 N–H and O–H groups in total. The summed E-state index contributed by atoms with van der Waals surface area (Å²) in [5, 5.41) is 3.03. The highest BCUT2D eigenvalue weighted by molar-refractivity contribution is 6.03. The van der Waals surface area contributed by atoms with Crippen molar-refractivity contribution in [2.45, 2.75) is 51.6 Å².